The average Bonchev–Trinajstić information content (AvgIpc) is 2.41. The van der Waals surface area contributed by atoms with Crippen LogP contribution in [0.2, 0.25) is 0 Å². The van der Waals surface area contributed by atoms with Crippen LogP contribution in [0.5, 0.6) is 0 Å². The lowest BCUT2D eigenvalue weighted by molar-refractivity contribution is 0.0691. The lowest BCUT2D eigenvalue weighted by atomic mass is 9.91. The molecule has 2 rings (SSSR count). The van der Waals surface area contributed by atoms with E-state index in [9.17, 15) is 17.6 Å². The molecule has 1 N–H and O–H groups in total. The summed E-state index contributed by atoms with van der Waals surface area (Å²) in [6.07, 6.45) is 4.72. The molecule has 1 aromatic carbocycles. The van der Waals surface area contributed by atoms with E-state index in [1.165, 1.54) is 0 Å². The highest BCUT2D eigenvalue weighted by Crippen LogP contribution is 2.30. The third kappa shape index (κ3) is 3.83. The standard InChI is InChI=1S/C14H16BrFO4S/c15-10-6-11(14(17)18)13(16)12(7-10)21(19,20)8-9-4-2-1-3-5-9/h6-7,9H,1-5,8H2,(H,17,18). The highest BCUT2D eigenvalue weighted by molar-refractivity contribution is 9.10. The van der Waals surface area contributed by atoms with Crippen LogP contribution in [-0.2, 0) is 9.84 Å². The number of aromatic carboxylic acids is 1. The van der Waals surface area contributed by atoms with E-state index in [2.05, 4.69) is 15.9 Å². The zero-order valence-corrected chi connectivity index (χ0v) is 13.7. The number of hydrogen-bond donors (Lipinski definition) is 1. The number of rotatable bonds is 4. The van der Waals surface area contributed by atoms with Gasteiger partial charge in [-0.05, 0) is 30.9 Å². The number of benzene rings is 1. The molecule has 0 heterocycles. The summed E-state index contributed by atoms with van der Waals surface area (Å²) in [4.78, 5) is 10.5. The van der Waals surface area contributed by atoms with Gasteiger partial charge in [-0.15, -0.1) is 0 Å². The number of carbonyl (C=O) groups is 1. The van der Waals surface area contributed by atoms with Gasteiger partial charge in [0.15, 0.2) is 15.7 Å². The Kier molecular flexibility index (Phi) is 5.03. The fraction of sp³-hybridized carbons (Fsp3) is 0.500. The van der Waals surface area contributed by atoms with Gasteiger partial charge < -0.3 is 5.11 Å². The highest BCUT2D eigenvalue weighted by atomic mass is 79.9. The quantitative estimate of drug-likeness (QED) is 0.867. The van der Waals surface area contributed by atoms with Gasteiger partial charge in [0.2, 0.25) is 0 Å². The van der Waals surface area contributed by atoms with Gasteiger partial charge in [-0.3, -0.25) is 0 Å². The first-order valence-corrected chi connectivity index (χ1v) is 9.21. The van der Waals surface area contributed by atoms with Gasteiger partial charge in [0.25, 0.3) is 0 Å². The van der Waals surface area contributed by atoms with Crippen molar-refractivity contribution in [3.8, 4) is 0 Å². The summed E-state index contributed by atoms with van der Waals surface area (Å²) in [5.41, 5.74) is -0.633. The summed E-state index contributed by atoms with van der Waals surface area (Å²) in [7, 11) is -3.84. The monoisotopic (exact) mass is 378 g/mol. The lowest BCUT2D eigenvalue weighted by Gasteiger charge is -2.21. The van der Waals surface area contributed by atoms with Crippen molar-refractivity contribution in [2.24, 2.45) is 5.92 Å². The van der Waals surface area contributed by atoms with Crippen LogP contribution in [0.25, 0.3) is 0 Å². The maximum atomic E-state index is 14.2. The normalized spacial score (nSPS) is 16.9. The van der Waals surface area contributed by atoms with E-state index < -0.39 is 32.1 Å². The van der Waals surface area contributed by atoms with Crippen LogP contribution < -0.4 is 0 Å². The van der Waals surface area contributed by atoms with E-state index in [4.69, 9.17) is 5.11 Å². The van der Waals surface area contributed by atoms with Crippen molar-refractivity contribution in [2.75, 3.05) is 5.75 Å². The Balaban J connectivity index is 2.37. The van der Waals surface area contributed by atoms with E-state index >= 15 is 0 Å². The van der Waals surface area contributed by atoms with Crippen LogP contribution in [0, 0.1) is 11.7 Å². The largest absolute Gasteiger partial charge is 0.478 e. The van der Waals surface area contributed by atoms with Crippen molar-refractivity contribution in [1.82, 2.24) is 0 Å². The maximum absolute atomic E-state index is 14.2. The van der Waals surface area contributed by atoms with Crippen LogP contribution in [0.1, 0.15) is 42.5 Å². The first-order chi connectivity index (χ1) is 9.81. The van der Waals surface area contributed by atoms with Crippen LogP contribution >= 0.6 is 15.9 Å². The van der Waals surface area contributed by atoms with Gasteiger partial charge in [-0.1, -0.05) is 35.2 Å². The van der Waals surface area contributed by atoms with Gasteiger partial charge in [0.1, 0.15) is 4.90 Å². The van der Waals surface area contributed by atoms with Crippen LogP contribution in [0.3, 0.4) is 0 Å². The second-order valence-electron chi connectivity index (χ2n) is 5.36. The van der Waals surface area contributed by atoms with Crippen molar-refractivity contribution >= 4 is 31.7 Å². The predicted molar refractivity (Wildman–Crippen MR) is 79.7 cm³/mol. The summed E-state index contributed by atoms with van der Waals surface area (Å²) in [6, 6.07) is 2.21. The first-order valence-electron chi connectivity index (χ1n) is 6.76. The lowest BCUT2D eigenvalue weighted by Crippen LogP contribution is -2.20. The molecule has 0 bridgehead atoms. The molecule has 0 atom stereocenters. The molecule has 1 saturated carbocycles. The van der Waals surface area contributed by atoms with Crippen molar-refractivity contribution in [1.29, 1.82) is 0 Å². The van der Waals surface area contributed by atoms with Crippen molar-refractivity contribution in [3.63, 3.8) is 0 Å². The molecule has 21 heavy (non-hydrogen) atoms. The Labute approximate surface area is 131 Å². The van der Waals surface area contributed by atoms with Crippen LogP contribution in [-0.4, -0.2) is 25.2 Å². The van der Waals surface area contributed by atoms with Gasteiger partial charge in [-0.2, -0.15) is 0 Å². The molecule has 0 spiro atoms. The molecular weight excluding hydrogens is 363 g/mol. The number of halogens is 2. The number of hydrogen-bond acceptors (Lipinski definition) is 3. The second-order valence-corrected chi connectivity index (χ2v) is 8.27. The zero-order valence-electron chi connectivity index (χ0n) is 11.3. The average molecular weight is 379 g/mol. The van der Waals surface area contributed by atoms with E-state index in [0.717, 1.165) is 44.2 Å². The molecule has 116 valence electrons. The first kappa shape index (κ1) is 16.4. The van der Waals surface area contributed by atoms with E-state index in [1.807, 2.05) is 0 Å². The van der Waals surface area contributed by atoms with Crippen LogP contribution in [0.4, 0.5) is 4.39 Å². The molecular formula is C14H16BrFO4S. The Morgan fingerprint density at radius 2 is 1.90 bits per heavy atom. The number of carboxylic acids is 1. The summed E-state index contributed by atoms with van der Waals surface area (Å²) >= 11 is 3.04. The fourth-order valence-corrected chi connectivity index (χ4v) is 5.13. The summed E-state index contributed by atoms with van der Waals surface area (Å²) in [6.45, 7) is 0. The van der Waals surface area contributed by atoms with E-state index in [0.29, 0.717) is 0 Å². The second kappa shape index (κ2) is 6.44. The molecule has 0 amide bonds. The molecule has 0 saturated heterocycles. The Morgan fingerprint density at radius 1 is 1.29 bits per heavy atom. The van der Waals surface area contributed by atoms with Crippen LogP contribution in [0.15, 0.2) is 21.5 Å². The van der Waals surface area contributed by atoms with Gasteiger partial charge in [0.05, 0.1) is 11.3 Å². The minimum absolute atomic E-state index is 0.0235. The SMILES string of the molecule is O=C(O)c1cc(Br)cc(S(=O)(=O)CC2CCCCC2)c1F. The smallest absolute Gasteiger partial charge is 0.338 e. The highest BCUT2D eigenvalue weighted by Gasteiger charge is 2.28. The molecule has 4 nitrogen and oxygen atoms in total. The fourth-order valence-electron chi connectivity index (χ4n) is 2.70. The molecule has 1 aliphatic rings. The topological polar surface area (TPSA) is 71.4 Å². The van der Waals surface area contributed by atoms with Crippen molar-refractivity contribution < 1.29 is 22.7 Å². The maximum Gasteiger partial charge on any atom is 0.338 e. The minimum atomic E-state index is -3.84. The molecule has 0 unspecified atom stereocenters. The van der Waals surface area contributed by atoms with Gasteiger partial charge >= 0.3 is 5.97 Å². The van der Waals surface area contributed by atoms with E-state index in [-0.39, 0.29) is 16.1 Å². The third-order valence-corrected chi connectivity index (χ3v) is 6.08. The summed E-state index contributed by atoms with van der Waals surface area (Å²) in [5.74, 6) is -2.76. The molecule has 1 aliphatic carbocycles. The molecule has 0 radical (unpaired) electrons. The number of carboxylic acid groups (broad SMARTS) is 1. The number of sulfone groups is 1. The zero-order chi connectivity index (χ0) is 15.6. The molecule has 1 aromatic rings. The van der Waals surface area contributed by atoms with E-state index in [1.54, 1.807) is 0 Å². The molecule has 1 fully saturated rings. The predicted octanol–water partition coefficient (Wildman–Crippen LogP) is 3.64. The molecule has 7 heteroatoms. The Bertz CT molecular complexity index is 651. The van der Waals surface area contributed by atoms with Gasteiger partial charge in [0, 0.05) is 4.47 Å². The Hall–Kier alpha value is -0.950. The van der Waals surface area contributed by atoms with Crippen molar-refractivity contribution in [3.05, 3.63) is 28.0 Å². The Morgan fingerprint density at radius 3 is 2.48 bits per heavy atom. The molecule has 0 aromatic heterocycles. The minimum Gasteiger partial charge on any atom is -0.478 e. The summed E-state index contributed by atoms with van der Waals surface area (Å²) < 4.78 is 39.2. The molecule has 0 aliphatic heterocycles. The third-order valence-electron chi connectivity index (χ3n) is 3.75. The van der Waals surface area contributed by atoms with Gasteiger partial charge in [-0.25, -0.2) is 17.6 Å². The summed E-state index contributed by atoms with van der Waals surface area (Å²) in [5, 5.41) is 8.95. The van der Waals surface area contributed by atoms with Crippen molar-refractivity contribution in [2.45, 2.75) is 37.0 Å².